The Morgan fingerprint density at radius 3 is 2.38 bits per heavy atom. The molecular weight excluding hydrogens is 438 g/mol. The Labute approximate surface area is 198 Å². The maximum absolute atomic E-state index is 12.5. The van der Waals surface area contributed by atoms with Gasteiger partial charge in [0.15, 0.2) is 11.4 Å². The summed E-state index contributed by atoms with van der Waals surface area (Å²) in [6.45, 7) is 4.61. The van der Waals surface area contributed by atoms with Crippen LogP contribution in [0.5, 0.6) is 11.5 Å². The topological polar surface area (TPSA) is 128 Å². The molecule has 9 heteroatoms. The lowest BCUT2D eigenvalue weighted by atomic mass is 9.77. The summed E-state index contributed by atoms with van der Waals surface area (Å²) in [6.07, 6.45) is 4.62. The van der Waals surface area contributed by atoms with Gasteiger partial charge in [0.05, 0.1) is 12.3 Å². The first-order valence-corrected chi connectivity index (χ1v) is 11.6. The molecule has 2 N–H and O–H groups in total. The molecule has 182 valence electrons. The Hall–Kier alpha value is -3.49. The second-order valence-electron chi connectivity index (χ2n) is 8.49. The van der Waals surface area contributed by atoms with Crippen LogP contribution in [0.2, 0.25) is 0 Å². The van der Waals surface area contributed by atoms with E-state index in [0.29, 0.717) is 35.5 Å². The predicted molar refractivity (Wildman–Crippen MR) is 124 cm³/mol. The van der Waals surface area contributed by atoms with E-state index in [1.165, 1.54) is 12.5 Å². The van der Waals surface area contributed by atoms with Crippen LogP contribution >= 0.6 is 0 Å². The van der Waals surface area contributed by atoms with Crippen LogP contribution in [0.4, 0.5) is 0 Å². The molecule has 0 spiro atoms. The average molecular weight is 470 g/mol. The number of carbonyl (C=O) groups is 3. The van der Waals surface area contributed by atoms with Crippen molar-refractivity contribution < 1.29 is 29.0 Å². The molecule has 1 aliphatic rings. The number of carbonyl (C=O) groups excluding carboxylic acids is 3. The van der Waals surface area contributed by atoms with Crippen molar-refractivity contribution >= 4 is 17.8 Å². The SMILES string of the molecule is CCOC(=O)CNC(=O)c1nc(CC2CCC(c3ccc(OC(C)=O)cc3)CC2)nc(C)c1O. The number of amides is 1. The molecule has 1 aromatic carbocycles. The van der Waals surface area contributed by atoms with Crippen LogP contribution in [0, 0.1) is 12.8 Å². The van der Waals surface area contributed by atoms with Crippen LogP contribution in [0.3, 0.4) is 0 Å². The van der Waals surface area contributed by atoms with Gasteiger partial charge in [-0.15, -0.1) is 0 Å². The molecule has 1 amide bonds. The molecule has 1 fully saturated rings. The number of benzene rings is 1. The lowest BCUT2D eigenvalue weighted by Crippen LogP contribution is -2.31. The minimum atomic E-state index is -0.641. The highest BCUT2D eigenvalue weighted by Gasteiger charge is 2.25. The monoisotopic (exact) mass is 469 g/mol. The second kappa shape index (κ2) is 11.6. The van der Waals surface area contributed by atoms with Gasteiger partial charge in [0.1, 0.15) is 18.1 Å². The van der Waals surface area contributed by atoms with E-state index in [9.17, 15) is 19.5 Å². The van der Waals surface area contributed by atoms with E-state index in [2.05, 4.69) is 15.3 Å². The summed E-state index contributed by atoms with van der Waals surface area (Å²) in [7, 11) is 0. The summed E-state index contributed by atoms with van der Waals surface area (Å²) in [6, 6.07) is 7.67. The van der Waals surface area contributed by atoms with E-state index in [1.807, 2.05) is 24.3 Å². The normalized spacial score (nSPS) is 17.6. The maximum Gasteiger partial charge on any atom is 0.325 e. The molecule has 2 aromatic rings. The number of esters is 2. The third-order valence-corrected chi connectivity index (χ3v) is 5.95. The zero-order valence-corrected chi connectivity index (χ0v) is 19.8. The lowest BCUT2D eigenvalue weighted by molar-refractivity contribution is -0.141. The molecule has 9 nitrogen and oxygen atoms in total. The lowest BCUT2D eigenvalue weighted by Gasteiger charge is -2.28. The molecule has 0 radical (unpaired) electrons. The van der Waals surface area contributed by atoms with Gasteiger partial charge in [-0.2, -0.15) is 0 Å². The molecule has 34 heavy (non-hydrogen) atoms. The van der Waals surface area contributed by atoms with Crippen molar-refractivity contribution in [1.82, 2.24) is 15.3 Å². The number of aromatic hydroxyl groups is 1. The summed E-state index contributed by atoms with van der Waals surface area (Å²) in [5, 5.41) is 12.7. The highest BCUT2D eigenvalue weighted by atomic mass is 16.5. The Morgan fingerprint density at radius 2 is 1.76 bits per heavy atom. The number of nitrogens with one attached hydrogen (secondary N) is 1. The van der Waals surface area contributed by atoms with Gasteiger partial charge in [0.2, 0.25) is 0 Å². The smallest absolute Gasteiger partial charge is 0.325 e. The fraction of sp³-hybridized carbons (Fsp3) is 0.480. The molecule has 1 saturated carbocycles. The van der Waals surface area contributed by atoms with Gasteiger partial charge in [-0.3, -0.25) is 14.4 Å². The molecule has 1 aliphatic carbocycles. The molecule has 1 heterocycles. The van der Waals surface area contributed by atoms with Gasteiger partial charge in [0.25, 0.3) is 5.91 Å². The van der Waals surface area contributed by atoms with Crippen molar-refractivity contribution in [3.63, 3.8) is 0 Å². The number of aromatic nitrogens is 2. The van der Waals surface area contributed by atoms with Crippen LogP contribution in [-0.4, -0.2) is 46.1 Å². The summed E-state index contributed by atoms with van der Waals surface area (Å²) in [5.74, 6) is 0.0471. The Bertz CT molecular complexity index is 1030. The van der Waals surface area contributed by atoms with Crippen molar-refractivity contribution in [3.8, 4) is 11.5 Å². The Morgan fingerprint density at radius 1 is 1.09 bits per heavy atom. The zero-order valence-electron chi connectivity index (χ0n) is 19.8. The van der Waals surface area contributed by atoms with E-state index in [1.54, 1.807) is 13.8 Å². The van der Waals surface area contributed by atoms with Crippen molar-refractivity contribution in [3.05, 3.63) is 47.0 Å². The fourth-order valence-electron chi connectivity index (χ4n) is 4.25. The molecular formula is C25H31N3O6. The minimum Gasteiger partial charge on any atom is -0.504 e. The summed E-state index contributed by atoms with van der Waals surface area (Å²) in [5.41, 5.74) is 1.42. The molecule has 0 atom stereocenters. The van der Waals surface area contributed by atoms with Crippen molar-refractivity contribution in [2.45, 2.75) is 58.8 Å². The zero-order chi connectivity index (χ0) is 24.7. The van der Waals surface area contributed by atoms with Crippen LogP contribution in [0.15, 0.2) is 24.3 Å². The highest BCUT2D eigenvalue weighted by Crippen LogP contribution is 2.37. The highest BCUT2D eigenvalue weighted by molar-refractivity contribution is 5.96. The number of hydrogen-bond donors (Lipinski definition) is 2. The first-order chi connectivity index (χ1) is 16.3. The predicted octanol–water partition coefficient (Wildman–Crippen LogP) is 3.23. The van der Waals surface area contributed by atoms with Gasteiger partial charge >= 0.3 is 11.9 Å². The number of rotatable bonds is 8. The second-order valence-corrected chi connectivity index (χ2v) is 8.49. The van der Waals surface area contributed by atoms with Gasteiger partial charge in [-0.1, -0.05) is 12.1 Å². The van der Waals surface area contributed by atoms with Gasteiger partial charge in [-0.25, -0.2) is 9.97 Å². The third kappa shape index (κ3) is 6.76. The molecule has 0 unspecified atom stereocenters. The van der Waals surface area contributed by atoms with E-state index < -0.39 is 11.9 Å². The average Bonchev–Trinajstić information content (AvgIpc) is 2.80. The molecule has 0 bridgehead atoms. The first-order valence-electron chi connectivity index (χ1n) is 11.6. The largest absolute Gasteiger partial charge is 0.504 e. The minimum absolute atomic E-state index is 0.131. The van der Waals surface area contributed by atoms with E-state index in [4.69, 9.17) is 9.47 Å². The van der Waals surface area contributed by atoms with Crippen molar-refractivity contribution in [1.29, 1.82) is 0 Å². The van der Waals surface area contributed by atoms with Crippen LogP contribution in [0.25, 0.3) is 0 Å². The van der Waals surface area contributed by atoms with E-state index >= 15 is 0 Å². The number of ether oxygens (including phenoxy) is 2. The molecule has 1 aromatic heterocycles. The van der Waals surface area contributed by atoms with Crippen molar-refractivity contribution in [2.24, 2.45) is 5.92 Å². The number of aryl methyl sites for hydroxylation is 1. The molecule has 0 aliphatic heterocycles. The van der Waals surface area contributed by atoms with Gasteiger partial charge in [-0.05, 0) is 69.1 Å². The number of hydrogen-bond acceptors (Lipinski definition) is 8. The van der Waals surface area contributed by atoms with Crippen molar-refractivity contribution in [2.75, 3.05) is 13.2 Å². The molecule has 0 saturated heterocycles. The van der Waals surface area contributed by atoms with Gasteiger partial charge in [0, 0.05) is 13.3 Å². The summed E-state index contributed by atoms with van der Waals surface area (Å²) >= 11 is 0. The summed E-state index contributed by atoms with van der Waals surface area (Å²) in [4.78, 5) is 43.7. The van der Waals surface area contributed by atoms with E-state index in [0.717, 1.165) is 25.7 Å². The maximum atomic E-state index is 12.5. The summed E-state index contributed by atoms with van der Waals surface area (Å²) < 4.78 is 9.90. The third-order valence-electron chi connectivity index (χ3n) is 5.95. The Balaban J connectivity index is 1.58. The quantitative estimate of drug-likeness (QED) is 0.446. The fourth-order valence-corrected chi connectivity index (χ4v) is 4.25. The standard InChI is InChI=1S/C25H31N3O6/c1-4-33-22(30)14-26-25(32)23-24(31)15(2)27-21(28-23)13-17-5-7-18(8-6-17)19-9-11-20(12-10-19)34-16(3)29/h9-12,17-18,31H,4-8,13-14H2,1-3H3,(H,26,32). The van der Waals surface area contributed by atoms with Crippen LogP contribution < -0.4 is 10.1 Å². The van der Waals surface area contributed by atoms with E-state index in [-0.39, 0.29) is 30.6 Å². The first kappa shape index (κ1) is 25.1. The number of nitrogens with zero attached hydrogens (tertiary/aromatic N) is 2. The Kier molecular flexibility index (Phi) is 8.56. The van der Waals surface area contributed by atoms with Gasteiger partial charge < -0.3 is 19.9 Å². The van der Waals surface area contributed by atoms with Crippen LogP contribution in [0.1, 0.15) is 73.0 Å². The molecule has 3 rings (SSSR count). The van der Waals surface area contributed by atoms with Crippen LogP contribution in [-0.2, 0) is 20.7 Å².